The maximum absolute atomic E-state index is 13.4. The van der Waals surface area contributed by atoms with Crippen molar-refractivity contribution in [1.29, 1.82) is 0 Å². The third-order valence-electron chi connectivity index (χ3n) is 5.25. The summed E-state index contributed by atoms with van der Waals surface area (Å²) in [6.07, 6.45) is 0. The highest BCUT2D eigenvalue weighted by molar-refractivity contribution is 7.92. The number of ether oxygens (including phenoxy) is 1. The van der Waals surface area contributed by atoms with Gasteiger partial charge in [0.1, 0.15) is 11.6 Å². The number of hydrogen-bond acceptors (Lipinski definition) is 5. The maximum atomic E-state index is 13.4. The summed E-state index contributed by atoms with van der Waals surface area (Å²) < 4.78 is 34.9. The number of hydrogen-bond donors (Lipinski definition) is 1. The molecule has 1 N–H and O–H groups in total. The predicted octanol–water partition coefficient (Wildman–Crippen LogP) is 4.34. The third kappa shape index (κ3) is 4.88. The average molecular weight is 471 g/mol. The van der Waals surface area contributed by atoms with Gasteiger partial charge in [-0.3, -0.25) is 9.10 Å². The smallest absolute Gasteiger partial charge is 0.264 e. The fraction of sp³-hybridized carbons (Fsp3) is 0.333. The minimum Gasteiger partial charge on any atom is -0.495 e. The molecule has 0 radical (unpaired) electrons. The highest BCUT2D eigenvalue weighted by Gasteiger charge is 2.26. The molecule has 1 aromatic heterocycles. The maximum Gasteiger partial charge on any atom is 0.264 e. The van der Waals surface area contributed by atoms with E-state index in [2.05, 4.69) is 10.4 Å². The van der Waals surface area contributed by atoms with Crippen LogP contribution in [0.25, 0.3) is 0 Å². The van der Waals surface area contributed by atoms with Crippen LogP contribution in [0.5, 0.6) is 5.75 Å². The second-order valence-corrected chi connectivity index (χ2v) is 10.8. The Bertz CT molecular complexity index is 1290. The quantitative estimate of drug-likeness (QED) is 0.578. The lowest BCUT2D eigenvalue weighted by molar-refractivity contribution is 0.102. The van der Waals surface area contributed by atoms with E-state index < -0.39 is 15.9 Å². The molecule has 33 heavy (non-hydrogen) atoms. The lowest BCUT2D eigenvalue weighted by Gasteiger charge is -2.23. The summed E-state index contributed by atoms with van der Waals surface area (Å²) in [5.74, 6) is 0.568. The molecule has 0 saturated heterocycles. The van der Waals surface area contributed by atoms with Crippen LogP contribution in [0.2, 0.25) is 0 Å². The number of rotatable bonds is 6. The highest BCUT2D eigenvalue weighted by atomic mass is 32.2. The zero-order valence-electron chi connectivity index (χ0n) is 20.0. The van der Waals surface area contributed by atoms with Crippen LogP contribution in [-0.4, -0.2) is 38.3 Å². The summed E-state index contributed by atoms with van der Waals surface area (Å²) in [5, 5.41) is 7.35. The molecule has 176 valence electrons. The molecule has 8 nitrogen and oxygen atoms in total. The largest absolute Gasteiger partial charge is 0.495 e. The molecule has 0 atom stereocenters. The molecule has 0 aliphatic rings. The SMILES string of the molecule is COc1ccccc1N(C)S(=O)(=O)c1ccc(C)c(C(=O)Nc2cc(C)nn2C(C)(C)C)c1. The number of aromatic nitrogens is 2. The van der Waals surface area contributed by atoms with Crippen molar-refractivity contribution in [3.8, 4) is 5.75 Å². The molecule has 2 aromatic carbocycles. The van der Waals surface area contributed by atoms with Crippen LogP contribution in [0.15, 0.2) is 53.4 Å². The number of carbonyl (C=O) groups is 1. The number of para-hydroxylation sites is 2. The molecule has 0 fully saturated rings. The number of benzene rings is 2. The summed E-state index contributed by atoms with van der Waals surface area (Å²) >= 11 is 0. The van der Waals surface area contributed by atoms with Crippen molar-refractivity contribution in [2.75, 3.05) is 23.8 Å². The molecule has 0 aliphatic carbocycles. The number of aryl methyl sites for hydroxylation is 2. The van der Waals surface area contributed by atoms with Crippen molar-refractivity contribution < 1.29 is 17.9 Å². The van der Waals surface area contributed by atoms with Gasteiger partial charge in [0.15, 0.2) is 0 Å². The van der Waals surface area contributed by atoms with Crippen molar-refractivity contribution in [3.63, 3.8) is 0 Å². The van der Waals surface area contributed by atoms with E-state index in [1.165, 1.54) is 26.3 Å². The molecule has 0 saturated carbocycles. The second kappa shape index (κ2) is 8.90. The van der Waals surface area contributed by atoms with Crippen molar-refractivity contribution in [3.05, 3.63) is 65.4 Å². The van der Waals surface area contributed by atoms with Gasteiger partial charge in [-0.15, -0.1) is 0 Å². The van der Waals surface area contributed by atoms with E-state index in [0.717, 1.165) is 10.00 Å². The standard InChI is InChI=1S/C24H30N4O4S/c1-16-12-13-18(33(30,31)27(6)20-10-8-9-11-21(20)32-7)15-19(16)23(29)25-22-14-17(2)26-28(22)24(3,4)5/h8-15H,1-7H3,(H,25,29). The molecular formula is C24H30N4O4S. The molecule has 0 bridgehead atoms. The van der Waals surface area contributed by atoms with Gasteiger partial charge in [0.05, 0.1) is 28.9 Å². The molecule has 0 spiro atoms. The van der Waals surface area contributed by atoms with Crippen molar-refractivity contribution >= 4 is 27.4 Å². The van der Waals surface area contributed by atoms with Crippen LogP contribution in [0.3, 0.4) is 0 Å². The van der Waals surface area contributed by atoms with Crippen LogP contribution in [-0.2, 0) is 15.6 Å². The second-order valence-electron chi connectivity index (χ2n) is 8.83. The first-order valence-corrected chi connectivity index (χ1v) is 11.9. The Labute approximate surface area is 195 Å². The van der Waals surface area contributed by atoms with Crippen LogP contribution < -0.4 is 14.4 Å². The number of anilines is 2. The van der Waals surface area contributed by atoms with Gasteiger partial charge in [-0.25, -0.2) is 13.1 Å². The Morgan fingerprint density at radius 3 is 2.39 bits per heavy atom. The average Bonchev–Trinajstić information content (AvgIpc) is 3.13. The Hall–Kier alpha value is -3.33. The Morgan fingerprint density at radius 1 is 1.09 bits per heavy atom. The van der Waals surface area contributed by atoms with Crippen LogP contribution >= 0.6 is 0 Å². The molecule has 0 aliphatic heterocycles. The van der Waals surface area contributed by atoms with Crippen molar-refractivity contribution in [2.45, 2.75) is 45.1 Å². The number of methoxy groups -OCH3 is 1. The lowest BCUT2D eigenvalue weighted by Crippen LogP contribution is -2.28. The van der Waals surface area contributed by atoms with Gasteiger partial charge >= 0.3 is 0 Å². The minimum absolute atomic E-state index is 0.00663. The van der Waals surface area contributed by atoms with E-state index in [0.29, 0.717) is 22.8 Å². The van der Waals surface area contributed by atoms with E-state index in [4.69, 9.17) is 4.74 Å². The third-order valence-corrected chi connectivity index (χ3v) is 7.01. The Balaban J connectivity index is 1.98. The zero-order valence-corrected chi connectivity index (χ0v) is 20.8. The Morgan fingerprint density at radius 2 is 1.76 bits per heavy atom. The predicted molar refractivity (Wildman–Crippen MR) is 130 cm³/mol. The first-order valence-electron chi connectivity index (χ1n) is 10.5. The summed E-state index contributed by atoms with van der Waals surface area (Å²) in [6.45, 7) is 9.58. The molecule has 3 rings (SSSR count). The normalized spacial score (nSPS) is 11.8. The highest BCUT2D eigenvalue weighted by Crippen LogP contribution is 2.31. The van der Waals surface area contributed by atoms with E-state index in [9.17, 15) is 13.2 Å². The molecular weight excluding hydrogens is 440 g/mol. The molecule has 3 aromatic rings. The summed E-state index contributed by atoms with van der Waals surface area (Å²) in [7, 11) is -1.00. The fourth-order valence-corrected chi connectivity index (χ4v) is 4.70. The van der Waals surface area contributed by atoms with Crippen LogP contribution in [0, 0.1) is 13.8 Å². The van der Waals surface area contributed by atoms with Crippen LogP contribution in [0.1, 0.15) is 42.4 Å². The summed E-state index contributed by atoms with van der Waals surface area (Å²) in [6, 6.07) is 13.2. The zero-order chi connectivity index (χ0) is 24.6. The van der Waals surface area contributed by atoms with Gasteiger partial charge in [-0.05, 0) is 64.4 Å². The van der Waals surface area contributed by atoms with Crippen molar-refractivity contribution in [1.82, 2.24) is 9.78 Å². The molecule has 9 heteroatoms. The van der Waals surface area contributed by atoms with Gasteiger partial charge in [0, 0.05) is 18.7 Å². The first kappa shape index (κ1) is 24.3. The van der Waals surface area contributed by atoms with Gasteiger partial charge in [0.2, 0.25) is 0 Å². The summed E-state index contributed by atoms with van der Waals surface area (Å²) in [4.78, 5) is 13.2. The number of amides is 1. The first-order chi connectivity index (χ1) is 15.4. The van der Waals surface area contributed by atoms with Gasteiger partial charge < -0.3 is 10.1 Å². The number of nitrogens with one attached hydrogen (secondary N) is 1. The fourth-order valence-electron chi connectivity index (χ4n) is 3.47. The monoisotopic (exact) mass is 470 g/mol. The van der Waals surface area contributed by atoms with E-state index in [1.54, 1.807) is 48.0 Å². The van der Waals surface area contributed by atoms with Crippen LogP contribution in [0.4, 0.5) is 11.5 Å². The molecule has 1 amide bonds. The topological polar surface area (TPSA) is 93.5 Å². The lowest BCUT2D eigenvalue weighted by atomic mass is 10.1. The van der Waals surface area contributed by atoms with Crippen molar-refractivity contribution in [2.24, 2.45) is 0 Å². The molecule has 1 heterocycles. The Kier molecular flexibility index (Phi) is 6.56. The minimum atomic E-state index is -3.94. The van der Waals surface area contributed by atoms with E-state index in [1.807, 2.05) is 27.7 Å². The van der Waals surface area contributed by atoms with Gasteiger partial charge in [0.25, 0.3) is 15.9 Å². The van der Waals surface area contributed by atoms with E-state index in [-0.39, 0.29) is 16.0 Å². The van der Waals surface area contributed by atoms with Gasteiger partial charge in [-0.2, -0.15) is 5.10 Å². The van der Waals surface area contributed by atoms with E-state index >= 15 is 0 Å². The summed E-state index contributed by atoms with van der Waals surface area (Å²) in [5.41, 5.74) is 1.76. The number of sulfonamides is 1. The number of nitrogens with zero attached hydrogens (tertiary/aromatic N) is 3. The number of carbonyl (C=O) groups excluding carboxylic acids is 1. The molecule has 0 unspecified atom stereocenters. The van der Waals surface area contributed by atoms with Gasteiger partial charge in [-0.1, -0.05) is 18.2 Å².